The van der Waals surface area contributed by atoms with E-state index in [1.165, 1.54) is 6.92 Å². The van der Waals surface area contributed by atoms with Crippen LogP contribution in [0.4, 0.5) is 0 Å². The number of hydrogen-bond acceptors (Lipinski definition) is 7. The molecule has 1 aromatic carbocycles. The molecule has 1 heterocycles. The van der Waals surface area contributed by atoms with Crippen LogP contribution in [0, 0.1) is 35.0 Å². The third-order valence-corrected chi connectivity index (χ3v) is 6.90. The zero-order chi connectivity index (χ0) is 24.1. The Morgan fingerprint density at radius 1 is 1.36 bits per heavy atom. The molecule has 176 valence electrons. The fraction of sp³-hybridized carbons (Fsp3) is 0.478. The molecule has 0 unspecified atom stereocenters. The normalized spacial score (nSPS) is 21.3. The summed E-state index contributed by atoms with van der Waals surface area (Å²) in [5.41, 5.74) is 0.921. The molecule has 4 N–H and O–H groups in total. The van der Waals surface area contributed by atoms with Crippen LogP contribution in [0.25, 0.3) is 10.9 Å². The Morgan fingerprint density at radius 3 is 2.79 bits per heavy atom. The van der Waals surface area contributed by atoms with Crippen LogP contribution in [-0.2, 0) is 22.0 Å². The SMILES string of the molecule is C[C@](CCn1cc2cc(C#CC#CCC3(O)CC(CO)C3)ccc2n1)(C[SH](=O)=O)C(=O)NO. The first kappa shape index (κ1) is 24.7. The lowest BCUT2D eigenvalue weighted by molar-refractivity contribution is -0.138. The molecule has 1 aromatic heterocycles. The van der Waals surface area contributed by atoms with Crippen molar-refractivity contribution < 1.29 is 28.6 Å². The topological polar surface area (TPSA) is 142 Å². The standard InChI is InChI=1S/C23H27N3O6S/c1-22(16-33(31)32,21(28)25-30)9-10-26-14-19-11-17(6-7-20(19)24-26)5-3-2-4-8-23(29)12-18(13-23)15-27/h6-7,11,14,18,27,29-30,33H,8-10,12-13,15-16H2,1H3,(H,25,28)/t18?,22-,23?/m0/s1. The molecule has 0 radical (unpaired) electrons. The average molecular weight is 474 g/mol. The maximum absolute atomic E-state index is 11.9. The molecule has 0 aliphatic heterocycles. The minimum absolute atomic E-state index is 0.0907. The summed E-state index contributed by atoms with van der Waals surface area (Å²) in [6.45, 7) is 1.86. The highest BCUT2D eigenvalue weighted by Crippen LogP contribution is 2.39. The average Bonchev–Trinajstić information content (AvgIpc) is 3.16. The number of nitrogens with one attached hydrogen (secondary N) is 1. The number of hydrogen-bond donors (Lipinski definition) is 5. The molecule has 0 bridgehead atoms. The van der Waals surface area contributed by atoms with E-state index >= 15 is 0 Å². The minimum atomic E-state index is -2.80. The van der Waals surface area contributed by atoms with Gasteiger partial charge in [0.25, 0.3) is 0 Å². The third kappa shape index (κ3) is 6.34. The fourth-order valence-corrected chi connectivity index (χ4v) is 4.83. The number of benzene rings is 1. The fourth-order valence-electron chi connectivity index (χ4n) is 3.96. The van der Waals surface area contributed by atoms with Crippen molar-refractivity contribution in [3.05, 3.63) is 30.0 Å². The highest BCUT2D eigenvalue weighted by molar-refractivity contribution is 7.72. The maximum atomic E-state index is 11.9. The monoisotopic (exact) mass is 473 g/mol. The van der Waals surface area contributed by atoms with Gasteiger partial charge in [-0.05, 0) is 62.1 Å². The molecule has 3 rings (SSSR count). The quantitative estimate of drug-likeness (QED) is 0.162. The van der Waals surface area contributed by atoms with E-state index in [4.69, 9.17) is 10.3 Å². The summed E-state index contributed by atoms with van der Waals surface area (Å²) in [5.74, 6) is 10.4. The molecule has 1 saturated carbocycles. The maximum Gasteiger partial charge on any atom is 0.250 e. The van der Waals surface area contributed by atoms with Crippen LogP contribution in [0.2, 0.25) is 0 Å². The van der Waals surface area contributed by atoms with Crippen LogP contribution in [-0.4, -0.2) is 57.5 Å². The van der Waals surface area contributed by atoms with Gasteiger partial charge in [-0.15, -0.1) is 0 Å². The first-order valence-corrected chi connectivity index (χ1v) is 11.9. The van der Waals surface area contributed by atoms with E-state index < -0.39 is 27.6 Å². The number of aromatic nitrogens is 2. The first-order chi connectivity index (χ1) is 15.7. The lowest BCUT2D eigenvalue weighted by atomic mass is 9.70. The lowest BCUT2D eigenvalue weighted by Crippen LogP contribution is -2.44. The van der Waals surface area contributed by atoms with Gasteiger partial charge in [0.1, 0.15) is 10.7 Å². The summed E-state index contributed by atoms with van der Waals surface area (Å²) in [6.07, 6.45) is 3.41. The van der Waals surface area contributed by atoms with E-state index in [2.05, 4.69) is 28.8 Å². The molecule has 10 heteroatoms. The third-order valence-electron chi connectivity index (χ3n) is 5.94. The van der Waals surface area contributed by atoms with Gasteiger partial charge in [0.2, 0.25) is 5.91 Å². The molecule has 2 aromatic rings. The molecule has 33 heavy (non-hydrogen) atoms. The van der Waals surface area contributed by atoms with Gasteiger partial charge in [0.15, 0.2) is 0 Å². The summed E-state index contributed by atoms with van der Waals surface area (Å²) in [4.78, 5) is 11.9. The van der Waals surface area contributed by atoms with E-state index in [0.29, 0.717) is 19.3 Å². The Kier molecular flexibility index (Phi) is 7.77. The highest BCUT2D eigenvalue weighted by atomic mass is 32.2. The number of thiol groups is 1. The predicted molar refractivity (Wildman–Crippen MR) is 122 cm³/mol. The summed E-state index contributed by atoms with van der Waals surface area (Å²) < 4.78 is 23.9. The van der Waals surface area contributed by atoms with Crippen molar-refractivity contribution in [2.45, 2.75) is 44.8 Å². The molecule has 1 fully saturated rings. The molecular formula is C23H27N3O6S. The van der Waals surface area contributed by atoms with Gasteiger partial charge in [-0.25, -0.2) is 13.9 Å². The van der Waals surface area contributed by atoms with Crippen LogP contribution in [0.3, 0.4) is 0 Å². The van der Waals surface area contributed by atoms with E-state index in [0.717, 1.165) is 16.5 Å². The van der Waals surface area contributed by atoms with Gasteiger partial charge >= 0.3 is 0 Å². The number of aliphatic hydroxyl groups is 2. The van der Waals surface area contributed by atoms with E-state index in [-0.39, 0.29) is 31.2 Å². The molecule has 1 atom stereocenters. The molecule has 1 aliphatic carbocycles. The van der Waals surface area contributed by atoms with Crippen molar-refractivity contribution in [1.29, 1.82) is 0 Å². The van der Waals surface area contributed by atoms with Crippen LogP contribution in [0.5, 0.6) is 0 Å². The van der Waals surface area contributed by atoms with Gasteiger partial charge in [0, 0.05) is 36.7 Å². The van der Waals surface area contributed by atoms with Crippen LogP contribution >= 0.6 is 0 Å². The van der Waals surface area contributed by atoms with Gasteiger partial charge in [0.05, 0.1) is 22.3 Å². The van der Waals surface area contributed by atoms with E-state index in [1.807, 2.05) is 18.2 Å². The second-order valence-electron chi connectivity index (χ2n) is 8.82. The number of aliphatic hydroxyl groups excluding tert-OH is 1. The second-order valence-corrected chi connectivity index (χ2v) is 9.80. The lowest BCUT2D eigenvalue weighted by Gasteiger charge is -2.41. The highest BCUT2D eigenvalue weighted by Gasteiger charge is 2.41. The number of fused-ring (bicyclic) bond motifs is 1. The van der Waals surface area contributed by atoms with Crippen molar-refractivity contribution in [1.82, 2.24) is 15.3 Å². The number of aryl methyl sites for hydroxylation is 1. The van der Waals surface area contributed by atoms with Crippen LogP contribution < -0.4 is 5.48 Å². The number of rotatable bonds is 8. The zero-order valence-electron chi connectivity index (χ0n) is 18.2. The Balaban J connectivity index is 1.64. The number of nitrogens with zero attached hydrogens (tertiary/aromatic N) is 2. The van der Waals surface area contributed by atoms with Crippen LogP contribution in [0.1, 0.15) is 38.2 Å². The molecule has 9 nitrogen and oxygen atoms in total. The summed E-state index contributed by atoms with van der Waals surface area (Å²) >= 11 is 0. The Labute approximate surface area is 193 Å². The van der Waals surface area contributed by atoms with Gasteiger partial charge < -0.3 is 10.2 Å². The van der Waals surface area contributed by atoms with Gasteiger partial charge in [-0.3, -0.25) is 14.7 Å². The van der Waals surface area contributed by atoms with Crippen molar-refractivity contribution in [2.75, 3.05) is 12.4 Å². The number of hydroxylamine groups is 1. The van der Waals surface area contributed by atoms with E-state index in [1.54, 1.807) is 16.4 Å². The largest absolute Gasteiger partial charge is 0.396 e. The number of carbonyl (C=O) groups excluding carboxylic acids is 1. The molecular weight excluding hydrogens is 446 g/mol. The van der Waals surface area contributed by atoms with Crippen molar-refractivity contribution in [3.63, 3.8) is 0 Å². The van der Waals surface area contributed by atoms with Gasteiger partial charge in [-0.1, -0.05) is 11.8 Å². The summed E-state index contributed by atoms with van der Waals surface area (Å²) in [5, 5.41) is 33.4. The molecule has 0 spiro atoms. The zero-order valence-corrected chi connectivity index (χ0v) is 19.1. The summed E-state index contributed by atoms with van der Waals surface area (Å²) in [6, 6.07) is 5.47. The number of carbonyl (C=O) groups is 1. The Bertz CT molecular complexity index is 1220. The molecule has 0 saturated heterocycles. The first-order valence-electron chi connectivity index (χ1n) is 10.5. The smallest absolute Gasteiger partial charge is 0.250 e. The van der Waals surface area contributed by atoms with E-state index in [9.17, 15) is 18.3 Å². The van der Waals surface area contributed by atoms with Crippen LogP contribution in [0.15, 0.2) is 24.4 Å². The molecule has 1 amide bonds. The van der Waals surface area contributed by atoms with Crippen molar-refractivity contribution >= 4 is 27.5 Å². The number of amides is 1. The predicted octanol–water partition coefficient (Wildman–Crippen LogP) is 0.428. The minimum Gasteiger partial charge on any atom is -0.396 e. The van der Waals surface area contributed by atoms with Gasteiger partial charge in [-0.2, -0.15) is 5.10 Å². The second kappa shape index (κ2) is 10.4. The Morgan fingerprint density at radius 2 is 2.12 bits per heavy atom. The summed E-state index contributed by atoms with van der Waals surface area (Å²) in [7, 11) is -2.80. The van der Waals surface area contributed by atoms with Crippen molar-refractivity contribution in [2.24, 2.45) is 11.3 Å². The van der Waals surface area contributed by atoms with Crippen molar-refractivity contribution in [3.8, 4) is 23.7 Å². The Hall–Kier alpha value is -2.89. The molecule has 1 aliphatic rings.